The Morgan fingerprint density at radius 2 is 1.74 bits per heavy atom. The molecule has 0 aliphatic carbocycles. The minimum atomic E-state index is -1.02. The first-order valence-electron chi connectivity index (χ1n) is 11.3. The van der Waals surface area contributed by atoms with E-state index >= 15 is 0 Å². The molecule has 0 radical (unpaired) electrons. The highest BCUT2D eigenvalue weighted by molar-refractivity contribution is 6.16. The molecule has 3 aromatic carbocycles. The van der Waals surface area contributed by atoms with Crippen LogP contribution in [0.1, 0.15) is 21.5 Å². The Hall–Kier alpha value is -5.19. The number of imide groups is 1. The van der Waals surface area contributed by atoms with Crippen molar-refractivity contribution in [2.45, 2.75) is 6.61 Å². The molecule has 0 unspecified atom stereocenters. The van der Waals surface area contributed by atoms with E-state index in [1.165, 1.54) is 49.6 Å². The summed E-state index contributed by atoms with van der Waals surface area (Å²) in [5.74, 6) is -2.00. The monoisotopic (exact) mass is 519 g/mol. The van der Waals surface area contributed by atoms with Gasteiger partial charge in [-0.3, -0.25) is 9.59 Å². The number of rotatable bonds is 9. The number of carboxylic acid groups (broad SMARTS) is 1. The van der Waals surface area contributed by atoms with Crippen molar-refractivity contribution in [3.63, 3.8) is 0 Å². The number of halogens is 1. The largest absolute Gasteiger partial charge is 0.493 e. The zero-order valence-electron chi connectivity index (χ0n) is 20.1. The van der Waals surface area contributed by atoms with Gasteiger partial charge < -0.3 is 25.2 Å². The molecule has 0 atom stereocenters. The Kier molecular flexibility index (Phi) is 7.66. The number of nitrogens with zero attached hydrogens (tertiary/aromatic N) is 1. The fourth-order valence-corrected chi connectivity index (χ4v) is 3.56. The molecule has 1 fully saturated rings. The van der Waals surface area contributed by atoms with E-state index in [0.29, 0.717) is 22.7 Å². The van der Waals surface area contributed by atoms with Crippen LogP contribution in [0.5, 0.6) is 11.5 Å². The van der Waals surface area contributed by atoms with E-state index in [-0.39, 0.29) is 17.9 Å². The third kappa shape index (κ3) is 6.13. The lowest BCUT2D eigenvalue weighted by Gasteiger charge is -2.12. The van der Waals surface area contributed by atoms with Crippen LogP contribution in [0.25, 0.3) is 6.08 Å². The Labute approximate surface area is 216 Å². The Morgan fingerprint density at radius 3 is 2.39 bits per heavy atom. The van der Waals surface area contributed by atoms with Crippen molar-refractivity contribution < 1.29 is 38.1 Å². The van der Waals surface area contributed by atoms with E-state index in [2.05, 4.69) is 10.6 Å². The van der Waals surface area contributed by atoms with Crippen molar-refractivity contribution in [2.75, 3.05) is 19.0 Å². The molecular weight excluding hydrogens is 497 g/mol. The van der Waals surface area contributed by atoms with Gasteiger partial charge in [-0.2, -0.15) is 0 Å². The first-order chi connectivity index (χ1) is 18.2. The number of carbonyl (C=O) groups is 4. The smallest absolute Gasteiger partial charge is 0.335 e. The summed E-state index contributed by atoms with van der Waals surface area (Å²) in [7, 11) is 1.45. The first kappa shape index (κ1) is 25.9. The highest BCUT2D eigenvalue weighted by atomic mass is 19.1. The third-order valence-corrected chi connectivity index (χ3v) is 5.49. The number of ether oxygens (including phenoxy) is 2. The summed E-state index contributed by atoms with van der Waals surface area (Å²) in [6, 6.07) is 15.5. The second kappa shape index (κ2) is 11.2. The van der Waals surface area contributed by atoms with Crippen LogP contribution in [-0.4, -0.2) is 47.5 Å². The van der Waals surface area contributed by atoms with Crippen molar-refractivity contribution in [2.24, 2.45) is 0 Å². The fraction of sp³-hybridized carbons (Fsp3) is 0.111. The number of carbonyl (C=O) groups excluding carboxylic acids is 3. The number of hydrogen-bond donors (Lipinski definition) is 3. The molecule has 10 nitrogen and oxygen atoms in total. The van der Waals surface area contributed by atoms with Crippen LogP contribution in [0.4, 0.5) is 14.9 Å². The normalized spacial score (nSPS) is 13.8. The maximum atomic E-state index is 13.0. The van der Waals surface area contributed by atoms with Gasteiger partial charge in [-0.05, 0) is 65.7 Å². The molecule has 11 heteroatoms. The van der Waals surface area contributed by atoms with Gasteiger partial charge in [0, 0.05) is 5.69 Å². The summed E-state index contributed by atoms with van der Waals surface area (Å²) in [5, 5.41) is 13.9. The van der Waals surface area contributed by atoms with E-state index in [0.717, 1.165) is 10.5 Å². The summed E-state index contributed by atoms with van der Waals surface area (Å²) >= 11 is 0. The summed E-state index contributed by atoms with van der Waals surface area (Å²) < 4.78 is 24.2. The number of methoxy groups -OCH3 is 1. The van der Waals surface area contributed by atoms with Gasteiger partial charge >= 0.3 is 12.0 Å². The Bertz CT molecular complexity index is 1420. The minimum Gasteiger partial charge on any atom is -0.493 e. The van der Waals surface area contributed by atoms with Crippen LogP contribution in [0, 0.1) is 5.82 Å². The second-order valence-electron chi connectivity index (χ2n) is 8.14. The molecule has 194 valence electrons. The highest BCUT2D eigenvalue weighted by Gasteiger charge is 2.35. The molecular formula is C27H22FN3O7. The molecule has 3 N–H and O–H groups in total. The molecule has 0 spiro atoms. The van der Waals surface area contributed by atoms with Crippen molar-refractivity contribution >= 4 is 35.6 Å². The average Bonchev–Trinajstić information content (AvgIpc) is 3.16. The predicted octanol–water partition coefficient (Wildman–Crippen LogP) is 3.64. The standard InChI is InChI=1S/C27H22FN3O7/c1-37-23-13-17(4-11-22(23)38-15-16-2-5-18(6-3-16)26(34)35)12-21-25(33)31(27(36)30-21)14-24(32)29-20-9-7-19(28)8-10-20/h2-13H,14-15H2,1H3,(H,29,32)(H,30,36)(H,34,35)/b21-12-. The summed E-state index contributed by atoms with van der Waals surface area (Å²) in [6.07, 6.45) is 1.44. The van der Waals surface area contributed by atoms with Gasteiger partial charge in [0.15, 0.2) is 11.5 Å². The van der Waals surface area contributed by atoms with Gasteiger partial charge in [0.05, 0.1) is 12.7 Å². The molecule has 1 aliphatic heterocycles. The lowest BCUT2D eigenvalue weighted by molar-refractivity contribution is -0.127. The van der Waals surface area contributed by atoms with Crippen LogP contribution < -0.4 is 20.1 Å². The molecule has 1 saturated heterocycles. The van der Waals surface area contributed by atoms with E-state index in [4.69, 9.17) is 14.6 Å². The molecule has 0 bridgehead atoms. The Balaban J connectivity index is 1.41. The number of hydrogen-bond acceptors (Lipinski definition) is 6. The number of nitrogens with one attached hydrogen (secondary N) is 2. The highest BCUT2D eigenvalue weighted by Crippen LogP contribution is 2.30. The van der Waals surface area contributed by atoms with Gasteiger partial charge in [0.1, 0.15) is 24.7 Å². The first-order valence-corrected chi connectivity index (χ1v) is 11.3. The number of benzene rings is 3. The lowest BCUT2D eigenvalue weighted by Crippen LogP contribution is -2.38. The number of urea groups is 1. The maximum Gasteiger partial charge on any atom is 0.335 e. The van der Waals surface area contributed by atoms with Crippen LogP contribution in [0.3, 0.4) is 0 Å². The summed E-state index contributed by atoms with van der Waals surface area (Å²) in [4.78, 5) is 49.1. The molecule has 1 aliphatic rings. The molecule has 38 heavy (non-hydrogen) atoms. The minimum absolute atomic E-state index is 0.0289. The SMILES string of the molecule is COc1cc(/C=C2\NC(=O)N(CC(=O)Nc3ccc(F)cc3)C2=O)ccc1OCc1ccc(C(=O)O)cc1. The fourth-order valence-electron chi connectivity index (χ4n) is 3.56. The zero-order chi connectivity index (χ0) is 27.2. The lowest BCUT2D eigenvalue weighted by atomic mass is 10.1. The van der Waals surface area contributed by atoms with E-state index < -0.39 is 36.2 Å². The second-order valence-corrected chi connectivity index (χ2v) is 8.14. The quantitative estimate of drug-likeness (QED) is 0.290. The van der Waals surface area contributed by atoms with Gasteiger partial charge in [0.2, 0.25) is 5.91 Å². The molecule has 0 aromatic heterocycles. The molecule has 4 amide bonds. The molecule has 3 aromatic rings. The predicted molar refractivity (Wildman–Crippen MR) is 134 cm³/mol. The number of anilines is 1. The number of aromatic carboxylic acids is 1. The van der Waals surface area contributed by atoms with E-state index in [1.807, 2.05) is 0 Å². The number of carboxylic acids is 1. The number of amides is 4. The van der Waals surface area contributed by atoms with E-state index in [1.54, 1.807) is 30.3 Å². The molecule has 1 heterocycles. The average molecular weight is 519 g/mol. The van der Waals surface area contributed by atoms with Gasteiger partial charge in [-0.25, -0.2) is 18.9 Å². The van der Waals surface area contributed by atoms with Crippen molar-refractivity contribution in [1.82, 2.24) is 10.2 Å². The van der Waals surface area contributed by atoms with Crippen molar-refractivity contribution in [3.8, 4) is 11.5 Å². The van der Waals surface area contributed by atoms with E-state index in [9.17, 15) is 23.6 Å². The zero-order valence-corrected chi connectivity index (χ0v) is 20.1. The third-order valence-electron chi connectivity index (χ3n) is 5.49. The van der Waals surface area contributed by atoms with Crippen LogP contribution in [-0.2, 0) is 16.2 Å². The maximum absolute atomic E-state index is 13.0. The summed E-state index contributed by atoms with van der Waals surface area (Å²) in [6.45, 7) is -0.358. The van der Waals surface area contributed by atoms with Crippen LogP contribution in [0.2, 0.25) is 0 Å². The van der Waals surface area contributed by atoms with Crippen LogP contribution in [0.15, 0.2) is 72.4 Å². The topological polar surface area (TPSA) is 134 Å². The van der Waals surface area contributed by atoms with Gasteiger partial charge in [-0.1, -0.05) is 18.2 Å². The van der Waals surface area contributed by atoms with Gasteiger partial charge in [-0.15, -0.1) is 0 Å². The molecule has 0 saturated carbocycles. The van der Waals surface area contributed by atoms with Crippen LogP contribution >= 0.6 is 0 Å². The molecule has 4 rings (SSSR count). The van der Waals surface area contributed by atoms with Crippen molar-refractivity contribution in [1.29, 1.82) is 0 Å². The van der Waals surface area contributed by atoms with Crippen molar-refractivity contribution in [3.05, 3.63) is 94.9 Å². The van der Waals surface area contributed by atoms with Gasteiger partial charge in [0.25, 0.3) is 5.91 Å². The Morgan fingerprint density at radius 1 is 1.03 bits per heavy atom. The summed E-state index contributed by atoms with van der Waals surface area (Å²) in [5.41, 5.74) is 1.75.